The van der Waals surface area contributed by atoms with E-state index in [-0.39, 0.29) is 17.3 Å². The fourth-order valence-electron chi connectivity index (χ4n) is 2.51. The smallest absolute Gasteiger partial charge is 0.244 e. The number of benzene rings is 1. The Labute approximate surface area is 164 Å². The topological polar surface area (TPSA) is 91.4 Å². The Bertz CT molecular complexity index is 897. The third kappa shape index (κ3) is 5.41. The molecule has 2 N–H and O–H groups in total. The Kier molecular flexibility index (Phi) is 7.18. The fraction of sp³-hybridized carbons (Fsp3) is 0.333. The van der Waals surface area contributed by atoms with Crippen LogP contribution in [0.25, 0.3) is 0 Å². The van der Waals surface area contributed by atoms with Gasteiger partial charge >= 0.3 is 0 Å². The van der Waals surface area contributed by atoms with Gasteiger partial charge in [0.25, 0.3) is 0 Å². The number of carbonyl (C=O) groups is 1. The number of amides is 1. The quantitative estimate of drug-likeness (QED) is 0.697. The number of pyridine rings is 1. The van der Waals surface area contributed by atoms with E-state index in [9.17, 15) is 13.2 Å². The molecule has 0 unspecified atom stereocenters. The van der Waals surface area contributed by atoms with Crippen molar-refractivity contribution in [3.05, 3.63) is 47.1 Å². The average Bonchev–Trinajstić information content (AvgIpc) is 2.63. The SMILES string of the molecule is CCN(CC)S(=O)(=O)c1cc(NCC(=O)Nc2ccc(Cl)cn2)ccc1C. The molecule has 27 heavy (non-hydrogen) atoms. The number of carbonyl (C=O) groups excluding carboxylic acids is 1. The molecular weight excluding hydrogens is 388 g/mol. The molecule has 146 valence electrons. The number of nitrogens with zero attached hydrogens (tertiary/aromatic N) is 2. The van der Waals surface area contributed by atoms with Gasteiger partial charge in [-0.3, -0.25) is 4.79 Å². The predicted molar refractivity (Wildman–Crippen MR) is 108 cm³/mol. The first kappa shape index (κ1) is 21.1. The normalized spacial score (nSPS) is 11.4. The van der Waals surface area contributed by atoms with Crippen LogP contribution in [0.1, 0.15) is 19.4 Å². The Hall–Kier alpha value is -2.16. The molecule has 0 aliphatic rings. The number of anilines is 2. The van der Waals surface area contributed by atoms with E-state index in [1.165, 1.54) is 10.5 Å². The van der Waals surface area contributed by atoms with Gasteiger partial charge < -0.3 is 10.6 Å². The molecule has 0 radical (unpaired) electrons. The minimum Gasteiger partial charge on any atom is -0.376 e. The van der Waals surface area contributed by atoms with Gasteiger partial charge in [0.15, 0.2) is 0 Å². The molecule has 0 aliphatic carbocycles. The third-order valence-electron chi connectivity index (χ3n) is 3.96. The average molecular weight is 411 g/mol. The molecule has 0 atom stereocenters. The van der Waals surface area contributed by atoms with Crippen molar-refractivity contribution in [1.29, 1.82) is 0 Å². The maximum Gasteiger partial charge on any atom is 0.244 e. The molecule has 1 aromatic carbocycles. The highest BCUT2D eigenvalue weighted by molar-refractivity contribution is 7.89. The molecule has 0 fully saturated rings. The van der Waals surface area contributed by atoms with E-state index in [1.807, 2.05) is 0 Å². The summed E-state index contributed by atoms with van der Waals surface area (Å²) < 4.78 is 26.9. The van der Waals surface area contributed by atoms with Gasteiger partial charge in [0.2, 0.25) is 15.9 Å². The molecule has 9 heteroatoms. The van der Waals surface area contributed by atoms with Gasteiger partial charge in [-0.25, -0.2) is 13.4 Å². The highest BCUT2D eigenvalue weighted by Crippen LogP contribution is 2.23. The van der Waals surface area contributed by atoms with Crippen LogP contribution in [-0.4, -0.2) is 43.2 Å². The van der Waals surface area contributed by atoms with Crippen LogP contribution in [-0.2, 0) is 14.8 Å². The van der Waals surface area contributed by atoms with Crippen molar-refractivity contribution in [2.75, 3.05) is 30.3 Å². The summed E-state index contributed by atoms with van der Waals surface area (Å²) in [6.07, 6.45) is 1.44. The largest absolute Gasteiger partial charge is 0.376 e. The minimum atomic E-state index is -3.58. The van der Waals surface area contributed by atoms with Crippen molar-refractivity contribution in [2.45, 2.75) is 25.7 Å². The first-order chi connectivity index (χ1) is 12.8. The molecule has 1 aromatic heterocycles. The van der Waals surface area contributed by atoms with Gasteiger partial charge in [-0.2, -0.15) is 4.31 Å². The summed E-state index contributed by atoms with van der Waals surface area (Å²) >= 11 is 5.76. The van der Waals surface area contributed by atoms with E-state index in [1.54, 1.807) is 51.1 Å². The summed E-state index contributed by atoms with van der Waals surface area (Å²) in [7, 11) is -3.58. The number of hydrogen-bond acceptors (Lipinski definition) is 5. The zero-order valence-electron chi connectivity index (χ0n) is 15.5. The lowest BCUT2D eigenvalue weighted by atomic mass is 10.2. The van der Waals surface area contributed by atoms with Gasteiger partial charge in [-0.15, -0.1) is 0 Å². The van der Waals surface area contributed by atoms with E-state index >= 15 is 0 Å². The fourth-order valence-corrected chi connectivity index (χ4v) is 4.33. The lowest BCUT2D eigenvalue weighted by Gasteiger charge is -2.20. The van der Waals surface area contributed by atoms with Gasteiger partial charge in [0, 0.05) is 25.0 Å². The van der Waals surface area contributed by atoms with Crippen LogP contribution in [0.4, 0.5) is 11.5 Å². The second-order valence-electron chi connectivity index (χ2n) is 5.83. The van der Waals surface area contributed by atoms with E-state index in [0.29, 0.717) is 35.2 Å². The lowest BCUT2D eigenvalue weighted by Crippen LogP contribution is -2.31. The van der Waals surface area contributed by atoms with Gasteiger partial charge in [0.1, 0.15) is 5.82 Å². The van der Waals surface area contributed by atoms with Crippen molar-refractivity contribution in [3.8, 4) is 0 Å². The number of nitrogens with one attached hydrogen (secondary N) is 2. The van der Waals surface area contributed by atoms with E-state index < -0.39 is 10.0 Å². The second kappa shape index (κ2) is 9.16. The van der Waals surface area contributed by atoms with Crippen molar-refractivity contribution >= 4 is 39.0 Å². The molecule has 1 amide bonds. The highest BCUT2D eigenvalue weighted by Gasteiger charge is 2.23. The molecule has 0 spiro atoms. The monoisotopic (exact) mass is 410 g/mol. The predicted octanol–water partition coefficient (Wildman–Crippen LogP) is 3.12. The van der Waals surface area contributed by atoms with Gasteiger partial charge in [-0.05, 0) is 36.8 Å². The first-order valence-electron chi connectivity index (χ1n) is 8.54. The molecule has 0 saturated carbocycles. The summed E-state index contributed by atoms with van der Waals surface area (Å²) in [5.41, 5.74) is 1.20. The second-order valence-corrected chi connectivity index (χ2v) is 8.18. The number of halogens is 1. The van der Waals surface area contributed by atoms with E-state index in [4.69, 9.17) is 11.6 Å². The molecule has 0 saturated heterocycles. The van der Waals surface area contributed by atoms with Crippen LogP contribution in [0.5, 0.6) is 0 Å². The molecule has 0 aliphatic heterocycles. The van der Waals surface area contributed by atoms with E-state index in [0.717, 1.165) is 0 Å². The van der Waals surface area contributed by atoms with Gasteiger partial charge in [-0.1, -0.05) is 31.5 Å². The summed E-state index contributed by atoms with van der Waals surface area (Å²) in [6, 6.07) is 8.24. The number of aryl methyl sites for hydroxylation is 1. The lowest BCUT2D eigenvalue weighted by molar-refractivity contribution is -0.114. The summed E-state index contributed by atoms with van der Waals surface area (Å²) in [5, 5.41) is 6.06. The molecule has 2 aromatic rings. The summed E-state index contributed by atoms with van der Waals surface area (Å²) in [6.45, 7) is 6.11. The molecule has 7 nitrogen and oxygen atoms in total. The number of hydrogen-bond donors (Lipinski definition) is 2. The van der Waals surface area contributed by atoms with E-state index in [2.05, 4.69) is 15.6 Å². The Balaban J connectivity index is 2.09. The Morgan fingerprint density at radius 1 is 1.19 bits per heavy atom. The number of aromatic nitrogens is 1. The molecule has 1 heterocycles. The van der Waals surface area contributed by atoms with Crippen LogP contribution in [0.3, 0.4) is 0 Å². The van der Waals surface area contributed by atoms with Gasteiger partial charge in [0.05, 0.1) is 16.5 Å². The zero-order chi connectivity index (χ0) is 20.0. The standard InChI is InChI=1S/C18H23ClN4O3S/c1-4-23(5-2)27(25,26)16-10-15(8-6-13(16)3)20-12-18(24)22-17-9-7-14(19)11-21-17/h6-11,20H,4-5,12H2,1-3H3,(H,21,22,24). The number of rotatable bonds is 8. The summed E-state index contributed by atoms with van der Waals surface area (Å²) in [5.74, 6) is 0.0819. The van der Waals surface area contributed by atoms with Crippen molar-refractivity contribution in [2.24, 2.45) is 0 Å². The first-order valence-corrected chi connectivity index (χ1v) is 10.4. The molecular formula is C18H23ClN4O3S. The van der Waals surface area contributed by atoms with Crippen LogP contribution < -0.4 is 10.6 Å². The molecule has 0 bridgehead atoms. The number of sulfonamides is 1. The van der Waals surface area contributed by atoms with Crippen molar-refractivity contribution in [3.63, 3.8) is 0 Å². The summed E-state index contributed by atoms with van der Waals surface area (Å²) in [4.78, 5) is 16.3. The maximum atomic E-state index is 12.8. The van der Waals surface area contributed by atoms with Crippen LogP contribution in [0.15, 0.2) is 41.4 Å². The van der Waals surface area contributed by atoms with Crippen molar-refractivity contribution < 1.29 is 13.2 Å². The minimum absolute atomic E-state index is 0.0296. The third-order valence-corrected chi connectivity index (χ3v) is 6.37. The van der Waals surface area contributed by atoms with Crippen molar-refractivity contribution in [1.82, 2.24) is 9.29 Å². The maximum absolute atomic E-state index is 12.8. The van der Waals surface area contributed by atoms with Crippen LogP contribution in [0.2, 0.25) is 5.02 Å². The zero-order valence-corrected chi connectivity index (χ0v) is 17.1. The van der Waals surface area contributed by atoms with Crippen LogP contribution in [0, 0.1) is 6.92 Å². The Morgan fingerprint density at radius 2 is 1.89 bits per heavy atom. The highest BCUT2D eigenvalue weighted by atomic mass is 35.5. The Morgan fingerprint density at radius 3 is 2.48 bits per heavy atom. The molecule has 2 rings (SSSR count). The van der Waals surface area contributed by atoms with Crippen LogP contribution >= 0.6 is 11.6 Å².